The first kappa shape index (κ1) is 10.8. The van der Waals surface area contributed by atoms with E-state index in [1.807, 2.05) is 0 Å². The van der Waals surface area contributed by atoms with E-state index in [4.69, 9.17) is 11.6 Å². The number of alkyl halides is 1. The maximum Gasteiger partial charge on any atom is 0.0251 e. The first-order valence-electron chi connectivity index (χ1n) is 5.95. The van der Waals surface area contributed by atoms with E-state index in [1.165, 1.54) is 38.8 Å². The summed E-state index contributed by atoms with van der Waals surface area (Å²) in [6.45, 7) is 7.27. The average molecular weight is 216 g/mol. The molecule has 0 N–H and O–H groups in total. The molecule has 1 aliphatic heterocycles. The van der Waals surface area contributed by atoms with Crippen molar-refractivity contribution in [2.75, 3.05) is 19.0 Å². The Balaban J connectivity index is 1.94. The van der Waals surface area contributed by atoms with Gasteiger partial charge in [0.15, 0.2) is 0 Å². The average Bonchev–Trinajstić information content (AvgIpc) is 2.74. The van der Waals surface area contributed by atoms with Crippen molar-refractivity contribution < 1.29 is 0 Å². The van der Waals surface area contributed by atoms with E-state index < -0.39 is 0 Å². The highest BCUT2D eigenvalue weighted by atomic mass is 35.5. The van der Waals surface area contributed by atoms with Gasteiger partial charge in [-0.1, -0.05) is 0 Å². The van der Waals surface area contributed by atoms with Gasteiger partial charge in [0, 0.05) is 18.5 Å². The second-order valence-electron chi connectivity index (χ2n) is 5.58. The molecule has 2 fully saturated rings. The fraction of sp³-hybridized carbons (Fsp3) is 1.00. The van der Waals surface area contributed by atoms with E-state index in [-0.39, 0.29) is 0 Å². The van der Waals surface area contributed by atoms with Crippen LogP contribution in [0, 0.1) is 11.3 Å². The predicted molar refractivity (Wildman–Crippen MR) is 61.8 cm³/mol. The summed E-state index contributed by atoms with van der Waals surface area (Å²) >= 11 is 5.95. The molecule has 2 heteroatoms. The number of rotatable bonds is 2. The van der Waals surface area contributed by atoms with Crippen LogP contribution < -0.4 is 0 Å². The van der Waals surface area contributed by atoms with Gasteiger partial charge in [-0.25, -0.2) is 0 Å². The molecule has 2 atom stereocenters. The summed E-state index contributed by atoms with van der Waals surface area (Å²) in [4.78, 5) is 2.64. The maximum absolute atomic E-state index is 5.95. The molecule has 2 aliphatic rings. The molecule has 0 radical (unpaired) electrons. The molecule has 0 aromatic rings. The fourth-order valence-electron chi connectivity index (χ4n) is 3.24. The van der Waals surface area contributed by atoms with Gasteiger partial charge < -0.3 is 4.90 Å². The van der Waals surface area contributed by atoms with E-state index in [0.717, 1.165) is 17.8 Å². The monoisotopic (exact) mass is 215 g/mol. The van der Waals surface area contributed by atoms with Crippen LogP contribution >= 0.6 is 11.6 Å². The van der Waals surface area contributed by atoms with Gasteiger partial charge >= 0.3 is 0 Å². The van der Waals surface area contributed by atoms with Crippen LogP contribution in [0.4, 0.5) is 0 Å². The number of halogens is 1. The lowest BCUT2D eigenvalue weighted by molar-refractivity contribution is 0.222. The van der Waals surface area contributed by atoms with Crippen LogP contribution in [0.3, 0.4) is 0 Å². The summed E-state index contributed by atoms with van der Waals surface area (Å²) in [5, 5.41) is 0. The van der Waals surface area contributed by atoms with Gasteiger partial charge in [0.1, 0.15) is 0 Å². The molecule has 14 heavy (non-hydrogen) atoms. The van der Waals surface area contributed by atoms with Crippen LogP contribution in [-0.2, 0) is 0 Å². The zero-order chi connectivity index (χ0) is 10.2. The highest BCUT2D eigenvalue weighted by molar-refractivity contribution is 6.18. The molecule has 0 amide bonds. The van der Waals surface area contributed by atoms with Crippen molar-refractivity contribution in [3.05, 3.63) is 0 Å². The van der Waals surface area contributed by atoms with Gasteiger partial charge in [-0.3, -0.25) is 0 Å². The predicted octanol–water partition coefficient (Wildman–Crippen LogP) is 3.13. The molecule has 1 nitrogen and oxygen atoms in total. The zero-order valence-corrected chi connectivity index (χ0v) is 10.2. The minimum absolute atomic E-state index is 0.657. The van der Waals surface area contributed by atoms with Crippen LogP contribution in [0.1, 0.15) is 39.5 Å². The molecule has 1 aliphatic carbocycles. The Morgan fingerprint density at radius 3 is 2.71 bits per heavy atom. The lowest BCUT2D eigenvalue weighted by Gasteiger charge is -2.26. The lowest BCUT2D eigenvalue weighted by atomic mass is 9.85. The molecule has 0 aromatic carbocycles. The summed E-state index contributed by atoms with van der Waals surface area (Å²) < 4.78 is 0. The molecule has 0 unspecified atom stereocenters. The third-order valence-electron chi connectivity index (χ3n) is 4.22. The highest BCUT2D eigenvalue weighted by Crippen LogP contribution is 2.48. The van der Waals surface area contributed by atoms with Gasteiger partial charge in [-0.2, -0.15) is 0 Å². The van der Waals surface area contributed by atoms with Crippen LogP contribution in [0.2, 0.25) is 0 Å². The number of hydrogen-bond acceptors (Lipinski definition) is 1. The largest absolute Gasteiger partial charge is 0.300 e. The van der Waals surface area contributed by atoms with Gasteiger partial charge in [0.25, 0.3) is 0 Å². The zero-order valence-electron chi connectivity index (χ0n) is 9.43. The smallest absolute Gasteiger partial charge is 0.0251 e. The second kappa shape index (κ2) is 4.02. The van der Waals surface area contributed by atoms with Crippen LogP contribution in [0.25, 0.3) is 0 Å². The van der Waals surface area contributed by atoms with Crippen molar-refractivity contribution in [1.82, 2.24) is 4.90 Å². The van der Waals surface area contributed by atoms with Gasteiger partial charge in [-0.15, -0.1) is 11.6 Å². The van der Waals surface area contributed by atoms with Gasteiger partial charge in [0.2, 0.25) is 0 Å². The molecular formula is C12H22ClN. The molecule has 1 spiro atoms. The molecule has 1 heterocycles. The summed E-state index contributed by atoms with van der Waals surface area (Å²) in [6.07, 6.45) is 5.60. The highest BCUT2D eigenvalue weighted by Gasteiger charge is 2.43. The molecule has 82 valence electrons. The van der Waals surface area contributed by atoms with Crippen molar-refractivity contribution >= 4 is 11.6 Å². The van der Waals surface area contributed by atoms with E-state index >= 15 is 0 Å². The third-order valence-corrected chi connectivity index (χ3v) is 4.66. The summed E-state index contributed by atoms with van der Waals surface area (Å²) in [5.41, 5.74) is 0.657. The fourth-order valence-corrected chi connectivity index (χ4v) is 3.50. The molecule has 0 aromatic heterocycles. The lowest BCUT2D eigenvalue weighted by Crippen LogP contribution is -2.31. The van der Waals surface area contributed by atoms with E-state index in [2.05, 4.69) is 18.7 Å². The first-order valence-corrected chi connectivity index (χ1v) is 6.49. The molecular weight excluding hydrogens is 194 g/mol. The SMILES string of the molecule is CC(C)N1CC[C@@]2(CC[C@@H](CCl)C2)C1. The number of hydrogen-bond donors (Lipinski definition) is 0. The van der Waals surface area contributed by atoms with E-state index in [9.17, 15) is 0 Å². The Kier molecular flexibility index (Phi) is 3.09. The Hall–Kier alpha value is 0.250. The quantitative estimate of drug-likeness (QED) is 0.640. The van der Waals surface area contributed by atoms with Crippen molar-refractivity contribution in [3.8, 4) is 0 Å². The Morgan fingerprint density at radius 2 is 2.21 bits per heavy atom. The number of likely N-dealkylation sites (tertiary alicyclic amines) is 1. The van der Waals surface area contributed by atoms with Crippen molar-refractivity contribution in [2.24, 2.45) is 11.3 Å². The van der Waals surface area contributed by atoms with E-state index in [0.29, 0.717) is 5.41 Å². The first-order chi connectivity index (χ1) is 6.65. The van der Waals surface area contributed by atoms with Crippen LogP contribution in [0.15, 0.2) is 0 Å². The topological polar surface area (TPSA) is 3.24 Å². The molecule has 1 saturated heterocycles. The third kappa shape index (κ3) is 1.94. The Bertz CT molecular complexity index is 204. The van der Waals surface area contributed by atoms with E-state index in [1.54, 1.807) is 0 Å². The molecule has 1 saturated carbocycles. The van der Waals surface area contributed by atoms with Gasteiger partial charge in [-0.05, 0) is 57.4 Å². The van der Waals surface area contributed by atoms with Crippen LogP contribution in [0.5, 0.6) is 0 Å². The minimum atomic E-state index is 0.657. The minimum Gasteiger partial charge on any atom is -0.300 e. The van der Waals surface area contributed by atoms with Crippen molar-refractivity contribution in [2.45, 2.75) is 45.6 Å². The van der Waals surface area contributed by atoms with Crippen molar-refractivity contribution in [1.29, 1.82) is 0 Å². The summed E-state index contributed by atoms with van der Waals surface area (Å²) in [5.74, 6) is 1.69. The Labute approximate surface area is 92.8 Å². The normalized spacial score (nSPS) is 39.0. The van der Waals surface area contributed by atoms with Crippen molar-refractivity contribution in [3.63, 3.8) is 0 Å². The summed E-state index contributed by atoms with van der Waals surface area (Å²) in [7, 11) is 0. The van der Waals surface area contributed by atoms with Crippen LogP contribution in [-0.4, -0.2) is 29.9 Å². The van der Waals surface area contributed by atoms with Gasteiger partial charge in [0.05, 0.1) is 0 Å². The maximum atomic E-state index is 5.95. The Morgan fingerprint density at radius 1 is 1.43 bits per heavy atom. The number of nitrogens with zero attached hydrogens (tertiary/aromatic N) is 1. The standard InChI is InChI=1S/C12H22ClN/c1-10(2)14-6-5-12(9-14)4-3-11(7-12)8-13/h10-11H,3-9H2,1-2H3/t11-,12-/m1/s1. The summed E-state index contributed by atoms with van der Waals surface area (Å²) in [6, 6.07) is 0.726. The molecule has 0 bridgehead atoms. The second-order valence-corrected chi connectivity index (χ2v) is 5.89. The molecule has 2 rings (SSSR count).